The van der Waals surface area contributed by atoms with E-state index in [4.69, 9.17) is 4.74 Å². The van der Waals surface area contributed by atoms with Crippen LogP contribution in [0, 0.1) is 0 Å². The largest absolute Gasteiger partial charge is 0.375 e. The van der Waals surface area contributed by atoms with Gasteiger partial charge in [0.15, 0.2) is 0 Å². The highest BCUT2D eigenvalue weighted by atomic mass is 16.5. The van der Waals surface area contributed by atoms with Crippen molar-refractivity contribution in [1.82, 2.24) is 10.4 Å². The molecule has 0 bridgehead atoms. The Morgan fingerprint density at radius 3 is 1.85 bits per heavy atom. The summed E-state index contributed by atoms with van der Waals surface area (Å²) in [5.74, 6) is -0.385. The molecule has 2 amide bonds. The molecule has 0 saturated carbocycles. The highest BCUT2D eigenvalue weighted by Crippen LogP contribution is 2.10. The lowest BCUT2D eigenvalue weighted by molar-refractivity contribution is -0.139. The number of nitrogens with one attached hydrogen (secondary N) is 1. The lowest BCUT2D eigenvalue weighted by atomic mass is 10.1. The lowest BCUT2D eigenvalue weighted by Crippen LogP contribution is -2.44. The quantitative estimate of drug-likeness (QED) is 0.0985. The second-order valence-corrected chi connectivity index (χ2v) is 8.95. The maximum absolute atomic E-state index is 12.6. The second kappa shape index (κ2) is 25.7. The summed E-state index contributed by atoms with van der Waals surface area (Å²) in [6.07, 6.45) is 31.5. The lowest BCUT2D eigenvalue weighted by Gasteiger charge is -2.19. The van der Waals surface area contributed by atoms with Crippen LogP contribution in [0.4, 0.5) is 0 Å². The zero-order valence-corrected chi connectivity index (χ0v) is 22.4. The molecule has 5 nitrogen and oxygen atoms in total. The van der Waals surface area contributed by atoms with E-state index in [0.29, 0.717) is 6.42 Å². The summed E-state index contributed by atoms with van der Waals surface area (Å²) >= 11 is 0. The molecule has 0 radical (unpaired) electrons. The Morgan fingerprint density at radius 2 is 1.24 bits per heavy atom. The number of hydrogen-bond donors (Lipinski definition) is 1. The van der Waals surface area contributed by atoms with Gasteiger partial charge in [-0.15, -0.1) is 0 Å². The number of hydrogen-bond acceptors (Lipinski definition) is 3. The van der Waals surface area contributed by atoms with Crippen molar-refractivity contribution in [1.29, 1.82) is 0 Å². The van der Waals surface area contributed by atoms with Gasteiger partial charge in [-0.3, -0.25) is 15.0 Å². The highest BCUT2D eigenvalue weighted by molar-refractivity contribution is 5.83. The monoisotopic (exact) mass is 476 g/mol. The fraction of sp³-hybridized carbons (Fsp3) is 0.724. The first-order chi connectivity index (χ1) is 16.7. The summed E-state index contributed by atoms with van der Waals surface area (Å²) in [5, 5.41) is 1.34. The van der Waals surface area contributed by atoms with E-state index in [-0.39, 0.29) is 18.4 Å². The first-order valence-electron chi connectivity index (χ1n) is 13.7. The van der Waals surface area contributed by atoms with Crippen LogP contribution >= 0.6 is 0 Å². The Morgan fingerprint density at radius 1 is 0.706 bits per heavy atom. The molecule has 196 valence electrons. The summed E-state index contributed by atoms with van der Waals surface area (Å²) in [6, 6.07) is 0. The third-order valence-electron chi connectivity index (χ3n) is 5.61. The van der Waals surface area contributed by atoms with E-state index in [9.17, 15) is 9.59 Å². The van der Waals surface area contributed by atoms with E-state index < -0.39 is 0 Å². The normalized spacial score (nSPS) is 11.7. The Hall–Kier alpha value is -1.88. The molecule has 0 aliphatic carbocycles. The molecule has 0 atom stereocenters. The number of allylic oxidation sites excluding steroid dienone is 5. The zero-order chi connectivity index (χ0) is 25.1. The number of ether oxygens (including phenoxy) is 1. The van der Waals surface area contributed by atoms with E-state index in [2.05, 4.69) is 43.6 Å². The van der Waals surface area contributed by atoms with Crippen LogP contribution in [0.1, 0.15) is 123 Å². The van der Waals surface area contributed by atoms with E-state index in [1.807, 2.05) is 6.08 Å². The van der Waals surface area contributed by atoms with E-state index in [1.165, 1.54) is 69.9 Å². The second-order valence-electron chi connectivity index (χ2n) is 8.95. The van der Waals surface area contributed by atoms with Gasteiger partial charge in [-0.05, 0) is 51.4 Å². The van der Waals surface area contributed by atoms with Gasteiger partial charge in [0.1, 0.15) is 6.61 Å². The molecule has 0 rings (SSSR count). The van der Waals surface area contributed by atoms with Gasteiger partial charge in [-0.2, -0.15) is 0 Å². The number of methoxy groups -OCH3 is 1. The maximum atomic E-state index is 12.6. The minimum Gasteiger partial charge on any atom is -0.375 e. The van der Waals surface area contributed by atoms with Gasteiger partial charge < -0.3 is 4.74 Å². The van der Waals surface area contributed by atoms with Gasteiger partial charge >= 0.3 is 0 Å². The van der Waals surface area contributed by atoms with Gasteiger partial charge in [0.25, 0.3) is 5.91 Å². The summed E-state index contributed by atoms with van der Waals surface area (Å²) in [4.78, 5) is 24.5. The molecule has 34 heavy (non-hydrogen) atoms. The number of unbranched alkanes of at least 4 members (excludes halogenated alkanes) is 12. The zero-order valence-electron chi connectivity index (χ0n) is 22.4. The topological polar surface area (TPSA) is 58.6 Å². The molecule has 0 saturated heterocycles. The number of rotatable bonds is 22. The number of amides is 2. The predicted molar refractivity (Wildman–Crippen MR) is 144 cm³/mol. The molecule has 0 aliphatic heterocycles. The van der Waals surface area contributed by atoms with Gasteiger partial charge in [-0.25, -0.2) is 5.01 Å². The van der Waals surface area contributed by atoms with Crippen molar-refractivity contribution >= 4 is 11.8 Å². The molecular weight excluding hydrogens is 424 g/mol. The molecule has 1 N–H and O–H groups in total. The average molecular weight is 477 g/mol. The van der Waals surface area contributed by atoms with Crippen molar-refractivity contribution in [3.63, 3.8) is 0 Å². The summed E-state index contributed by atoms with van der Waals surface area (Å²) in [5.41, 5.74) is 2.65. The van der Waals surface area contributed by atoms with Crippen molar-refractivity contribution in [3.05, 3.63) is 36.6 Å². The Kier molecular flexibility index (Phi) is 24.3. The van der Waals surface area contributed by atoms with Crippen LogP contribution in [0.25, 0.3) is 0 Å². The maximum Gasteiger partial charge on any atom is 0.264 e. The number of carbonyl (C=O) groups excluding carboxylic acids is 2. The van der Waals surface area contributed by atoms with Crippen LogP contribution < -0.4 is 5.43 Å². The molecule has 0 aromatic heterocycles. The third kappa shape index (κ3) is 21.9. The van der Waals surface area contributed by atoms with E-state index in [1.54, 1.807) is 6.20 Å². The van der Waals surface area contributed by atoms with Crippen LogP contribution in [0.5, 0.6) is 0 Å². The fourth-order valence-corrected chi connectivity index (χ4v) is 3.56. The molecule has 0 unspecified atom stereocenters. The van der Waals surface area contributed by atoms with Crippen molar-refractivity contribution in [3.8, 4) is 0 Å². The Labute approximate surface area is 210 Å². The van der Waals surface area contributed by atoms with Gasteiger partial charge in [0.05, 0.1) is 0 Å². The fourth-order valence-electron chi connectivity index (χ4n) is 3.56. The summed E-state index contributed by atoms with van der Waals surface area (Å²) in [7, 11) is 1.47. The van der Waals surface area contributed by atoms with Crippen LogP contribution in [0.2, 0.25) is 0 Å². The van der Waals surface area contributed by atoms with E-state index in [0.717, 1.165) is 44.9 Å². The Balaban J connectivity index is 4.15. The van der Waals surface area contributed by atoms with E-state index >= 15 is 0 Å². The number of nitrogens with zero attached hydrogens (tertiary/aromatic N) is 1. The van der Waals surface area contributed by atoms with Crippen LogP contribution in [-0.4, -0.2) is 30.5 Å². The molecule has 0 spiro atoms. The highest BCUT2D eigenvalue weighted by Gasteiger charge is 2.13. The molecule has 0 heterocycles. The van der Waals surface area contributed by atoms with Crippen molar-refractivity contribution in [2.24, 2.45) is 0 Å². The third-order valence-corrected chi connectivity index (χ3v) is 5.61. The molecule has 0 aliphatic rings. The molecular formula is C29H52N2O3. The van der Waals surface area contributed by atoms with Gasteiger partial charge in [-0.1, -0.05) is 95.6 Å². The minimum absolute atomic E-state index is 0.0602. The van der Waals surface area contributed by atoms with Gasteiger partial charge in [0, 0.05) is 19.7 Å². The summed E-state index contributed by atoms with van der Waals surface area (Å²) < 4.78 is 4.87. The van der Waals surface area contributed by atoms with Crippen LogP contribution in [0.3, 0.4) is 0 Å². The summed E-state index contributed by atoms with van der Waals surface area (Å²) in [6.45, 7) is 4.39. The van der Waals surface area contributed by atoms with Crippen LogP contribution in [0.15, 0.2) is 36.6 Å². The first kappa shape index (κ1) is 32.1. The standard InChI is InChI=1S/C29H52N2O3/c1-4-6-8-10-12-13-14-15-16-17-18-20-22-24-26-31(30-28(32)27-34-3)29(33)25-23-21-19-11-9-7-5-2/h12-13,15-16,24,26H,4-11,14,17-23,25,27H2,1-3H3,(H,30,32). The SMILES string of the molecule is CCCCCC=CCC=CCCCCC=CN(NC(=O)COC)C(=O)CCCCCCCCC. The van der Waals surface area contributed by atoms with Crippen molar-refractivity contribution in [2.45, 2.75) is 123 Å². The molecule has 0 aromatic carbocycles. The first-order valence-corrected chi connectivity index (χ1v) is 13.7. The minimum atomic E-state index is -0.315. The smallest absolute Gasteiger partial charge is 0.264 e. The molecule has 0 fully saturated rings. The van der Waals surface area contributed by atoms with Crippen molar-refractivity contribution < 1.29 is 14.3 Å². The van der Waals surface area contributed by atoms with Crippen molar-refractivity contribution in [2.75, 3.05) is 13.7 Å². The molecule has 0 aromatic rings. The molecule has 5 heteroatoms. The number of hydrazine groups is 1. The Bertz CT molecular complexity index is 570. The average Bonchev–Trinajstić information content (AvgIpc) is 2.83. The van der Waals surface area contributed by atoms with Crippen LogP contribution in [-0.2, 0) is 14.3 Å². The predicted octanol–water partition coefficient (Wildman–Crippen LogP) is 7.79. The number of carbonyl (C=O) groups is 2. The van der Waals surface area contributed by atoms with Gasteiger partial charge in [0.2, 0.25) is 5.91 Å².